The third-order valence-electron chi connectivity index (χ3n) is 5.30. The van der Waals surface area contributed by atoms with Gasteiger partial charge < -0.3 is 19.4 Å². The van der Waals surface area contributed by atoms with Gasteiger partial charge in [-0.25, -0.2) is 13.8 Å². The standard InChI is InChI=1S/C24H19F2N3O3/c25-17-7-5-16(19(26)10-17)12-29-14-28-20-9-15(6-8-21(20)29)24(30)27-11-18-13-31-22-3-1-2-4-23(22)32-18/h1-10,14,18H,11-13H2,(H,27,30). The molecular formula is C24H19F2N3O3. The Bertz CT molecular complexity index is 1300. The minimum atomic E-state index is -0.619. The molecular weight excluding hydrogens is 416 g/mol. The van der Waals surface area contributed by atoms with Crippen molar-refractivity contribution in [3.05, 3.63) is 89.8 Å². The molecule has 6 nitrogen and oxygen atoms in total. The van der Waals surface area contributed by atoms with E-state index in [-0.39, 0.29) is 18.6 Å². The molecule has 1 amide bonds. The van der Waals surface area contributed by atoms with E-state index in [1.807, 2.05) is 24.3 Å². The van der Waals surface area contributed by atoms with Gasteiger partial charge in [-0.3, -0.25) is 4.79 Å². The lowest BCUT2D eigenvalue weighted by Gasteiger charge is -2.26. The molecule has 0 saturated carbocycles. The van der Waals surface area contributed by atoms with Gasteiger partial charge in [0.2, 0.25) is 0 Å². The topological polar surface area (TPSA) is 65.4 Å². The molecule has 3 aromatic carbocycles. The van der Waals surface area contributed by atoms with Crippen molar-refractivity contribution in [2.75, 3.05) is 13.2 Å². The zero-order valence-electron chi connectivity index (χ0n) is 16.9. The maximum atomic E-state index is 14.0. The maximum Gasteiger partial charge on any atom is 0.251 e. The molecule has 8 heteroatoms. The number of hydrogen-bond acceptors (Lipinski definition) is 4. The molecule has 2 heterocycles. The van der Waals surface area contributed by atoms with Gasteiger partial charge in [0.1, 0.15) is 24.3 Å². The van der Waals surface area contributed by atoms with Crippen LogP contribution in [0.3, 0.4) is 0 Å². The summed E-state index contributed by atoms with van der Waals surface area (Å²) in [6, 6.07) is 16.0. The molecule has 0 bridgehead atoms. The first-order chi connectivity index (χ1) is 15.6. The number of hydrogen-bond donors (Lipinski definition) is 1. The van der Waals surface area contributed by atoms with Crippen molar-refractivity contribution in [2.24, 2.45) is 0 Å². The number of nitrogens with zero attached hydrogens (tertiary/aromatic N) is 2. The van der Waals surface area contributed by atoms with Gasteiger partial charge >= 0.3 is 0 Å². The molecule has 1 atom stereocenters. The van der Waals surface area contributed by atoms with Crippen LogP contribution in [0.15, 0.2) is 67.0 Å². The summed E-state index contributed by atoms with van der Waals surface area (Å²) in [4.78, 5) is 16.9. The minimum Gasteiger partial charge on any atom is -0.486 e. The molecule has 5 rings (SSSR count). The second kappa shape index (κ2) is 8.30. The Kier molecular flexibility index (Phi) is 5.18. The highest BCUT2D eigenvalue weighted by Crippen LogP contribution is 2.30. The van der Waals surface area contributed by atoms with Crippen LogP contribution in [0.2, 0.25) is 0 Å². The molecule has 0 aliphatic carbocycles. The van der Waals surface area contributed by atoms with Crippen LogP contribution in [-0.2, 0) is 6.54 Å². The van der Waals surface area contributed by atoms with E-state index in [0.717, 1.165) is 11.6 Å². The number of carbonyl (C=O) groups excluding carboxylic acids is 1. The number of benzene rings is 3. The lowest BCUT2D eigenvalue weighted by atomic mass is 10.1. The number of imidazole rings is 1. The van der Waals surface area contributed by atoms with Crippen molar-refractivity contribution in [3.63, 3.8) is 0 Å². The number of nitrogens with one attached hydrogen (secondary N) is 1. The predicted octanol–water partition coefficient (Wildman–Crippen LogP) is 3.93. The maximum absolute atomic E-state index is 14.0. The summed E-state index contributed by atoms with van der Waals surface area (Å²) >= 11 is 0. The lowest BCUT2D eigenvalue weighted by molar-refractivity contribution is 0.0789. The number of aromatic nitrogens is 2. The first kappa shape index (κ1) is 20.0. The molecule has 0 radical (unpaired) electrons. The van der Waals surface area contributed by atoms with E-state index < -0.39 is 11.6 Å². The van der Waals surface area contributed by atoms with Crippen molar-refractivity contribution in [1.82, 2.24) is 14.9 Å². The smallest absolute Gasteiger partial charge is 0.251 e. The van der Waals surface area contributed by atoms with Gasteiger partial charge in [0.25, 0.3) is 5.91 Å². The van der Waals surface area contributed by atoms with Crippen molar-refractivity contribution in [3.8, 4) is 11.5 Å². The van der Waals surface area contributed by atoms with Crippen molar-refractivity contribution in [1.29, 1.82) is 0 Å². The van der Waals surface area contributed by atoms with Gasteiger partial charge in [0.15, 0.2) is 11.5 Å². The largest absolute Gasteiger partial charge is 0.486 e. The Morgan fingerprint density at radius 1 is 1.09 bits per heavy atom. The summed E-state index contributed by atoms with van der Waals surface area (Å²) in [6.07, 6.45) is 1.28. The average Bonchev–Trinajstić information content (AvgIpc) is 3.21. The molecule has 1 N–H and O–H groups in total. The van der Waals surface area contributed by atoms with Gasteiger partial charge in [-0.1, -0.05) is 18.2 Å². The Balaban J connectivity index is 1.25. The van der Waals surface area contributed by atoms with Gasteiger partial charge in [-0.2, -0.15) is 0 Å². The minimum absolute atomic E-state index is 0.203. The molecule has 0 saturated heterocycles. The van der Waals surface area contributed by atoms with Crippen LogP contribution in [0.5, 0.6) is 11.5 Å². The van der Waals surface area contributed by atoms with Crippen LogP contribution in [0.25, 0.3) is 11.0 Å². The molecule has 0 spiro atoms. The van der Waals surface area contributed by atoms with E-state index in [9.17, 15) is 13.6 Å². The highest BCUT2D eigenvalue weighted by molar-refractivity contribution is 5.97. The summed E-state index contributed by atoms with van der Waals surface area (Å²) in [5.41, 5.74) is 2.15. The highest BCUT2D eigenvalue weighted by Gasteiger charge is 2.21. The van der Waals surface area contributed by atoms with Crippen LogP contribution in [0.4, 0.5) is 8.78 Å². The molecule has 4 aromatic rings. The zero-order chi connectivity index (χ0) is 22.1. The van der Waals surface area contributed by atoms with Crippen molar-refractivity contribution >= 4 is 16.9 Å². The first-order valence-electron chi connectivity index (χ1n) is 10.1. The van der Waals surface area contributed by atoms with E-state index >= 15 is 0 Å². The van der Waals surface area contributed by atoms with E-state index in [1.54, 1.807) is 29.1 Å². The fraction of sp³-hybridized carbons (Fsp3) is 0.167. The van der Waals surface area contributed by atoms with Crippen LogP contribution < -0.4 is 14.8 Å². The summed E-state index contributed by atoms with van der Waals surface area (Å²) in [5, 5.41) is 2.86. The van der Waals surface area contributed by atoms with Gasteiger partial charge in [-0.15, -0.1) is 0 Å². The predicted molar refractivity (Wildman–Crippen MR) is 114 cm³/mol. The third kappa shape index (κ3) is 3.99. The second-order valence-corrected chi connectivity index (χ2v) is 7.52. The van der Waals surface area contributed by atoms with Crippen molar-refractivity contribution < 1.29 is 23.0 Å². The number of ether oxygens (including phenoxy) is 2. The SMILES string of the molecule is O=C(NCC1COc2ccccc2O1)c1ccc2c(c1)ncn2Cc1ccc(F)cc1F. The Morgan fingerprint density at radius 2 is 1.94 bits per heavy atom. The Labute approximate surface area is 182 Å². The fourth-order valence-electron chi connectivity index (χ4n) is 3.64. The first-order valence-corrected chi connectivity index (χ1v) is 10.1. The Hall–Kier alpha value is -3.94. The van der Waals surface area contributed by atoms with Crippen molar-refractivity contribution in [2.45, 2.75) is 12.6 Å². The summed E-state index contributed by atoms with van der Waals surface area (Å²) < 4.78 is 40.4. The number of halogens is 2. The number of para-hydroxylation sites is 2. The number of amides is 1. The van der Waals surface area contributed by atoms with Gasteiger partial charge in [-0.05, 0) is 36.4 Å². The number of fused-ring (bicyclic) bond motifs is 2. The van der Waals surface area contributed by atoms with Crippen LogP contribution in [0.1, 0.15) is 15.9 Å². The van der Waals surface area contributed by atoms with E-state index in [2.05, 4.69) is 10.3 Å². The van der Waals surface area contributed by atoms with Crippen LogP contribution in [-0.4, -0.2) is 34.7 Å². The fourth-order valence-corrected chi connectivity index (χ4v) is 3.64. The Morgan fingerprint density at radius 3 is 2.78 bits per heavy atom. The summed E-state index contributed by atoms with van der Waals surface area (Å²) in [7, 11) is 0. The molecule has 32 heavy (non-hydrogen) atoms. The molecule has 0 fully saturated rings. The second-order valence-electron chi connectivity index (χ2n) is 7.52. The monoisotopic (exact) mass is 435 g/mol. The third-order valence-corrected chi connectivity index (χ3v) is 5.30. The van der Waals surface area contributed by atoms with Crippen LogP contribution >= 0.6 is 0 Å². The zero-order valence-corrected chi connectivity index (χ0v) is 16.9. The lowest BCUT2D eigenvalue weighted by Crippen LogP contribution is -2.40. The van der Waals surface area contributed by atoms with E-state index in [1.165, 1.54) is 12.1 Å². The number of carbonyl (C=O) groups is 1. The van der Waals surface area contributed by atoms with E-state index in [4.69, 9.17) is 9.47 Å². The highest BCUT2D eigenvalue weighted by atomic mass is 19.1. The normalized spacial score (nSPS) is 15.0. The van der Waals surface area contributed by atoms with Gasteiger partial charge in [0, 0.05) is 17.2 Å². The number of rotatable bonds is 5. The van der Waals surface area contributed by atoms with Crippen LogP contribution in [0, 0.1) is 11.6 Å². The summed E-state index contributed by atoms with van der Waals surface area (Å²) in [5.74, 6) is -0.140. The molecule has 162 valence electrons. The average molecular weight is 435 g/mol. The van der Waals surface area contributed by atoms with Gasteiger partial charge in [0.05, 0.1) is 30.5 Å². The molecule has 1 unspecified atom stereocenters. The molecule has 1 aliphatic rings. The van der Waals surface area contributed by atoms with E-state index in [0.29, 0.717) is 41.3 Å². The molecule has 1 aromatic heterocycles. The quantitative estimate of drug-likeness (QED) is 0.516. The molecule has 1 aliphatic heterocycles. The summed E-state index contributed by atoms with van der Waals surface area (Å²) in [6.45, 7) is 0.846.